The zero-order valence-corrected chi connectivity index (χ0v) is 11.7. The summed E-state index contributed by atoms with van der Waals surface area (Å²) in [5, 5.41) is 20.1. The number of halogens is 1. The van der Waals surface area contributed by atoms with Crippen molar-refractivity contribution in [1.82, 2.24) is 0 Å². The van der Waals surface area contributed by atoms with Crippen LogP contribution in [-0.4, -0.2) is 29.1 Å². The summed E-state index contributed by atoms with van der Waals surface area (Å²) in [5.41, 5.74) is -0.868. The molecule has 1 N–H and O–H groups in total. The second-order valence-corrected chi connectivity index (χ2v) is 5.27. The van der Waals surface area contributed by atoms with Crippen LogP contribution in [0.1, 0.15) is 36.5 Å². The van der Waals surface area contributed by atoms with E-state index in [0.717, 1.165) is 31.4 Å². The molecule has 1 aromatic carbocycles. The topological polar surface area (TPSA) is 83.7 Å². The molecule has 1 fully saturated rings. The van der Waals surface area contributed by atoms with Crippen molar-refractivity contribution in [2.45, 2.75) is 26.2 Å². The Morgan fingerprint density at radius 3 is 2.67 bits per heavy atom. The van der Waals surface area contributed by atoms with Crippen molar-refractivity contribution in [3.8, 4) is 0 Å². The molecule has 114 valence electrons. The van der Waals surface area contributed by atoms with Gasteiger partial charge in [-0.3, -0.25) is 10.1 Å². The summed E-state index contributed by atoms with van der Waals surface area (Å²) >= 11 is 0. The number of benzene rings is 1. The molecule has 0 aromatic heterocycles. The normalized spacial score (nSPS) is 14.0. The van der Waals surface area contributed by atoms with E-state index in [9.17, 15) is 19.3 Å². The van der Waals surface area contributed by atoms with E-state index in [1.54, 1.807) is 4.90 Å². The minimum absolute atomic E-state index is 0.163. The van der Waals surface area contributed by atoms with Gasteiger partial charge < -0.3 is 10.0 Å². The number of carbonyl (C=O) groups is 1. The molecule has 0 bridgehead atoms. The highest BCUT2D eigenvalue weighted by atomic mass is 19.1. The highest BCUT2D eigenvalue weighted by molar-refractivity contribution is 5.90. The van der Waals surface area contributed by atoms with Gasteiger partial charge in [-0.05, 0) is 25.2 Å². The molecular weight excluding hydrogens is 279 g/mol. The lowest BCUT2D eigenvalue weighted by atomic mass is 10.1. The third-order valence-electron chi connectivity index (χ3n) is 3.50. The molecule has 0 spiro atoms. The van der Waals surface area contributed by atoms with E-state index in [1.807, 2.05) is 6.92 Å². The zero-order chi connectivity index (χ0) is 15.6. The van der Waals surface area contributed by atoms with Gasteiger partial charge in [0.05, 0.1) is 4.92 Å². The number of hydrogen-bond donors (Lipinski definition) is 1. The van der Waals surface area contributed by atoms with E-state index in [1.165, 1.54) is 0 Å². The SMILES string of the molecule is CCCN(CC1CC1)c1cc(F)c(C(=O)O)cc1[N+](=O)[O-]. The lowest BCUT2D eigenvalue weighted by Crippen LogP contribution is -2.27. The van der Waals surface area contributed by atoms with Crippen molar-refractivity contribution in [1.29, 1.82) is 0 Å². The minimum atomic E-state index is -1.51. The van der Waals surface area contributed by atoms with Crippen LogP contribution in [0.25, 0.3) is 0 Å². The summed E-state index contributed by atoms with van der Waals surface area (Å²) in [6.07, 6.45) is 2.92. The summed E-state index contributed by atoms with van der Waals surface area (Å²) < 4.78 is 13.9. The van der Waals surface area contributed by atoms with Crippen LogP contribution in [0.2, 0.25) is 0 Å². The highest BCUT2D eigenvalue weighted by Gasteiger charge is 2.29. The number of carboxylic acids is 1. The number of carboxylic acid groups (broad SMARTS) is 1. The van der Waals surface area contributed by atoms with Gasteiger partial charge in [-0.25, -0.2) is 9.18 Å². The molecule has 21 heavy (non-hydrogen) atoms. The number of nitro benzene ring substituents is 1. The fraction of sp³-hybridized carbons (Fsp3) is 0.500. The molecule has 0 radical (unpaired) electrons. The van der Waals surface area contributed by atoms with Crippen LogP contribution >= 0.6 is 0 Å². The third-order valence-corrected chi connectivity index (χ3v) is 3.50. The third kappa shape index (κ3) is 3.48. The molecular formula is C14H17FN2O4. The smallest absolute Gasteiger partial charge is 0.338 e. The second kappa shape index (κ2) is 6.07. The second-order valence-electron chi connectivity index (χ2n) is 5.27. The minimum Gasteiger partial charge on any atom is -0.478 e. The van der Waals surface area contributed by atoms with Crippen LogP contribution in [0.15, 0.2) is 12.1 Å². The van der Waals surface area contributed by atoms with Crippen molar-refractivity contribution >= 4 is 17.3 Å². The molecule has 0 unspecified atom stereocenters. The largest absolute Gasteiger partial charge is 0.478 e. The van der Waals surface area contributed by atoms with Gasteiger partial charge in [0, 0.05) is 25.2 Å². The first kappa shape index (κ1) is 15.2. The number of rotatable bonds is 7. The number of nitrogens with zero attached hydrogens (tertiary/aromatic N) is 2. The Balaban J connectivity index is 2.45. The van der Waals surface area contributed by atoms with Gasteiger partial charge in [0.1, 0.15) is 17.1 Å². The molecule has 2 rings (SSSR count). The van der Waals surface area contributed by atoms with Gasteiger partial charge in [-0.1, -0.05) is 6.92 Å². The number of nitro groups is 1. The first-order valence-electron chi connectivity index (χ1n) is 6.90. The van der Waals surface area contributed by atoms with Gasteiger partial charge in [0.25, 0.3) is 5.69 Å². The zero-order valence-electron chi connectivity index (χ0n) is 11.7. The maximum atomic E-state index is 13.9. The average Bonchev–Trinajstić information content (AvgIpc) is 3.21. The Morgan fingerprint density at radius 1 is 1.52 bits per heavy atom. The van der Waals surface area contributed by atoms with Gasteiger partial charge in [-0.2, -0.15) is 0 Å². The molecule has 1 aliphatic rings. The van der Waals surface area contributed by atoms with Crippen molar-refractivity contribution in [2.75, 3.05) is 18.0 Å². The standard InChI is InChI=1S/C14H17FN2O4/c1-2-5-16(8-9-3-4-9)12-7-11(15)10(14(18)19)6-13(12)17(20)21/h6-7,9H,2-5,8H2,1H3,(H,18,19). The summed E-state index contributed by atoms with van der Waals surface area (Å²) in [4.78, 5) is 23.2. The molecule has 6 nitrogen and oxygen atoms in total. The molecule has 0 saturated heterocycles. The summed E-state index contributed by atoms with van der Waals surface area (Å²) in [6, 6.07) is 1.78. The number of anilines is 1. The van der Waals surface area contributed by atoms with E-state index in [-0.39, 0.29) is 11.4 Å². The van der Waals surface area contributed by atoms with Gasteiger partial charge in [0.15, 0.2) is 0 Å². The molecule has 7 heteroatoms. The molecule has 0 atom stereocenters. The average molecular weight is 296 g/mol. The Hall–Kier alpha value is -2.18. The molecule has 0 heterocycles. The molecule has 1 saturated carbocycles. The van der Waals surface area contributed by atoms with Crippen LogP contribution in [0.3, 0.4) is 0 Å². The number of aromatic carboxylic acids is 1. The van der Waals surface area contributed by atoms with Crippen molar-refractivity contribution in [3.05, 3.63) is 33.6 Å². The van der Waals surface area contributed by atoms with Crippen molar-refractivity contribution in [2.24, 2.45) is 5.92 Å². The maximum absolute atomic E-state index is 13.9. The molecule has 0 aliphatic heterocycles. The quantitative estimate of drug-likeness (QED) is 0.617. The van der Waals surface area contributed by atoms with Crippen LogP contribution in [0.5, 0.6) is 0 Å². The summed E-state index contributed by atoms with van der Waals surface area (Å²) in [5.74, 6) is -1.97. The van der Waals surface area contributed by atoms with Gasteiger partial charge in [0.2, 0.25) is 0 Å². The summed E-state index contributed by atoms with van der Waals surface area (Å²) in [6.45, 7) is 3.15. The Labute approximate surface area is 121 Å². The van der Waals surface area contributed by atoms with Crippen LogP contribution in [0.4, 0.5) is 15.8 Å². The van der Waals surface area contributed by atoms with Crippen molar-refractivity contribution < 1.29 is 19.2 Å². The maximum Gasteiger partial charge on any atom is 0.338 e. The Bertz CT molecular complexity index is 572. The van der Waals surface area contributed by atoms with E-state index >= 15 is 0 Å². The first-order chi connectivity index (χ1) is 9.93. The van der Waals surface area contributed by atoms with Gasteiger partial charge in [-0.15, -0.1) is 0 Å². The number of hydrogen-bond acceptors (Lipinski definition) is 4. The van der Waals surface area contributed by atoms with Gasteiger partial charge >= 0.3 is 5.97 Å². The summed E-state index contributed by atoms with van der Waals surface area (Å²) in [7, 11) is 0. The lowest BCUT2D eigenvalue weighted by Gasteiger charge is -2.24. The van der Waals surface area contributed by atoms with E-state index in [0.29, 0.717) is 19.0 Å². The fourth-order valence-electron chi connectivity index (χ4n) is 2.31. The molecule has 0 amide bonds. The van der Waals surface area contributed by atoms with E-state index in [4.69, 9.17) is 5.11 Å². The predicted molar refractivity (Wildman–Crippen MR) is 75.2 cm³/mol. The molecule has 1 aromatic rings. The monoisotopic (exact) mass is 296 g/mol. The predicted octanol–water partition coefficient (Wildman–Crippen LogP) is 3.06. The molecule has 1 aliphatic carbocycles. The van der Waals surface area contributed by atoms with Crippen LogP contribution in [0, 0.1) is 21.8 Å². The lowest BCUT2D eigenvalue weighted by molar-refractivity contribution is -0.384. The fourth-order valence-corrected chi connectivity index (χ4v) is 2.31. The van der Waals surface area contributed by atoms with Crippen molar-refractivity contribution in [3.63, 3.8) is 0 Å². The van der Waals surface area contributed by atoms with Crippen LogP contribution in [-0.2, 0) is 0 Å². The van der Waals surface area contributed by atoms with E-state index < -0.39 is 22.3 Å². The first-order valence-corrected chi connectivity index (χ1v) is 6.90. The Kier molecular flexibility index (Phi) is 4.40. The van der Waals surface area contributed by atoms with Crippen LogP contribution < -0.4 is 4.90 Å². The van der Waals surface area contributed by atoms with E-state index in [2.05, 4.69) is 0 Å². The Morgan fingerprint density at radius 2 is 2.19 bits per heavy atom. The highest BCUT2D eigenvalue weighted by Crippen LogP contribution is 2.36.